The van der Waals surface area contributed by atoms with E-state index in [0.29, 0.717) is 12.2 Å². The number of hydrogen-bond acceptors (Lipinski definition) is 7. The number of aromatic nitrogens is 1. The van der Waals surface area contributed by atoms with Crippen molar-refractivity contribution < 1.29 is 23.9 Å². The molecule has 172 valence electrons. The summed E-state index contributed by atoms with van der Waals surface area (Å²) in [5.74, 6) is -2.63. The van der Waals surface area contributed by atoms with E-state index in [4.69, 9.17) is 14.5 Å². The largest absolute Gasteiger partial charge is 0.462 e. The van der Waals surface area contributed by atoms with Crippen molar-refractivity contribution in [1.82, 2.24) is 15.2 Å². The number of nitrogens with zero attached hydrogens (tertiary/aromatic N) is 2. The Morgan fingerprint density at radius 3 is 2.82 bits per heavy atom. The molecule has 3 atom stereocenters. The minimum absolute atomic E-state index is 0.0399. The van der Waals surface area contributed by atoms with Crippen molar-refractivity contribution in [3.63, 3.8) is 0 Å². The van der Waals surface area contributed by atoms with Crippen molar-refractivity contribution in [3.8, 4) is 0 Å². The van der Waals surface area contributed by atoms with Gasteiger partial charge in [0.1, 0.15) is 6.61 Å². The van der Waals surface area contributed by atoms with E-state index < -0.39 is 29.4 Å². The van der Waals surface area contributed by atoms with Crippen LogP contribution < -0.4 is 5.32 Å². The molecule has 0 aliphatic carbocycles. The van der Waals surface area contributed by atoms with Crippen LogP contribution in [-0.4, -0.2) is 52.0 Å². The van der Waals surface area contributed by atoms with Gasteiger partial charge in [0.15, 0.2) is 0 Å². The third-order valence-electron chi connectivity index (χ3n) is 6.54. The number of para-hydroxylation sites is 1. The van der Waals surface area contributed by atoms with Crippen LogP contribution in [0.4, 0.5) is 0 Å². The summed E-state index contributed by atoms with van der Waals surface area (Å²) in [6.07, 6.45) is 1.87. The summed E-state index contributed by atoms with van der Waals surface area (Å²) < 4.78 is 11.0. The normalized spacial score (nSPS) is 26.3. The molecule has 1 aromatic carbocycles. The number of cyclic esters (lactones) is 1. The van der Waals surface area contributed by atoms with Crippen molar-refractivity contribution in [3.05, 3.63) is 47.7 Å². The minimum atomic E-state index is -1.60. The first-order valence-electron chi connectivity index (χ1n) is 11.1. The molecule has 1 N–H and O–H groups in total. The molecule has 3 aliphatic rings. The summed E-state index contributed by atoms with van der Waals surface area (Å²) in [7, 11) is 0. The maximum Gasteiger partial charge on any atom is 0.350 e. The average molecular weight is 450 g/mol. The number of amides is 1. The molecule has 0 bridgehead atoms. The third kappa shape index (κ3) is 3.58. The maximum absolute atomic E-state index is 13.5. The molecule has 5 rings (SSSR count). The number of pyridine rings is 1. The van der Waals surface area contributed by atoms with Gasteiger partial charge in [0.2, 0.25) is 11.5 Å². The van der Waals surface area contributed by atoms with Crippen molar-refractivity contribution in [2.24, 2.45) is 11.8 Å². The van der Waals surface area contributed by atoms with Gasteiger partial charge in [-0.15, -0.1) is 0 Å². The second kappa shape index (κ2) is 7.38. The summed E-state index contributed by atoms with van der Waals surface area (Å²) in [5.41, 5.74) is 1.27. The van der Waals surface area contributed by atoms with E-state index in [-0.39, 0.29) is 24.6 Å². The predicted molar refractivity (Wildman–Crippen MR) is 120 cm³/mol. The van der Waals surface area contributed by atoms with E-state index in [1.165, 1.54) is 6.92 Å². The van der Waals surface area contributed by atoms with Crippen LogP contribution in [0.15, 0.2) is 36.4 Å². The van der Waals surface area contributed by atoms with Gasteiger partial charge in [0.05, 0.1) is 35.9 Å². The molecule has 2 unspecified atom stereocenters. The summed E-state index contributed by atoms with van der Waals surface area (Å²) in [6, 6.07) is 9.84. The Labute approximate surface area is 191 Å². The SMILES string of the molecule is CC(C)(C)NCC(=O)O[C@]1(C)C(=O)OCC2C(=O)N3Cc4cc5ccccc5nc4C3=CC21. The summed E-state index contributed by atoms with van der Waals surface area (Å²) in [5, 5.41) is 4.07. The Kier molecular flexibility index (Phi) is 4.83. The van der Waals surface area contributed by atoms with Gasteiger partial charge >= 0.3 is 11.9 Å². The van der Waals surface area contributed by atoms with E-state index in [2.05, 4.69) is 5.32 Å². The van der Waals surface area contributed by atoms with Gasteiger partial charge in [-0.3, -0.25) is 9.59 Å². The van der Waals surface area contributed by atoms with Gasteiger partial charge in [-0.25, -0.2) is 9.78 Å². The van der Waals surface area contributed by atoms with Crippen molar-refractivity contribution in [2.45, 2.75) is 45.4 Å². The smallest absolute Gasteiger partial charge is 0.350 e. The molecule has 33 heavy (non-hydrogen) atoms. The molecule has 0 saturated carbocycles. The molecule has 2 aromatic rings. The highest BCUT2D eigenvalue weighted by Gasteiger charge is 2.58. The quantitative estimate of drug-likeness (QED) is 0.719. The number of carbonyl (C=O) groups excluding carboxylic acids is 3. The highest BCUT2D eigenvalue weighted by atomic mass is 16.6. The van der Waals surface area contributed by atoms with Crippen LogP contribution in [0.5, 0.6) is 0 Å². The molecule has 8 nitrogen and oxygen atoms in total. The first-order valence-corrected chi connectivity index (χ1v) is 11.1. The predicted octanol–water partition coefficient (Wildman–Crippen LogP) is 2.41. The third-order valence-corrected chi connectivity index (χ3v) is 6.54. The molecule has 1 amide bonds. The fourth-order valence-electron chi connectivity index (χ4n) is 4.77. The molecule has 0 radical (unpaired) electrons. The molecule has 3 aliphatic heterocycles. The highest BCUT2D eigenvalue weighted by Crippen LogP contribution is 2.46. The Balaban J connectivity index is 1.52. The molecule has 1 saturated heterocycles. The molecule has 4 heterocycles. The number of fused-ring (bicyclic) bond motifs is 5. The topological polar surface area (TPSA) is 97.8 Å². The first-order chi connectivity index (χ1) is 15.6. The lowest BCUT2D eigenvalue weighted by Gasteiger charge is -2.44. The van der Waals surface area contributed by atoms with Gasteiger partial charge in [-0.1, -0.05) is 18.2 Å². The van der Waals surface area contributed by atoms with Gasteiger partial charge in [0, 0.05) is 22.4 Å². The Morgan fingerprint density at radius 1 is 1.30 bits per heavy atom. The number of nitrogens with one attached hydrogen (secondary N) is 1. The number of benzene rings is 1. The van der Waals surface area contributed by atoms with E-state index in [9.17, 15) is 14.4 Å². The number of carbonyl (C=O) groups is 3. The lowest BCUT2D eigenvalue weighted by molar-refractivity contribution is -0.201. The van der Waals surface area contributed by atoms with E-state index >= 15 is 0 Å². The standard InChI is InChI=1S/C25H27N3O5/c1-24(2,3)26-11-20(29)33-25(4)17-10-19-21-15(9-14-7-5-6-8-18(14)27-21)12-28(19)22(30)16(17)13-32-23(25)31/h5-10,16-17,26H,11-13H2,1-4H3/t16?,17?,25-/m0/s1. The Morgan fingerprint density at radius 2 is 2.06 bits per heavy atom. The molecule has 1 fully saturated rings. The number of ether oxygens (including phenoxy) is 2. The Hall–Kier alpha value is -3.26. The van der Waals surface area contributed by atoms with Crippen LogP contribution in [0, 0.1) is 11.8 Å². The fraction of sp³-hybridized carbons (Fsp3) is 0.440. The monoisotopic (exact) mass is 449 g/mol. The van der Waals surface area contributed by atoms with Crippen LogP contribution in [-0.2, 0) is 30.4 Å². The number of rotatable bonds is 3. The molecule has 1 aromatic heterocycles. The Bertz CT molecular complexity index is 1210. The lowest BCUT2D eigenvalue weighted by atomic mass is 9.74. The molecule has 8 heteroatoms. The zero-order chi connectivity index (χ0) is 23.5. The van der Waals surface area contributed by atoms with Crippen LogP contribution in [0.2, 0.25) is 0 Å². The zero-order valence-electron chi connectivity index (χ0n) is 19.2. The summed E-state index contributed by atoms with van der Waals surface area (Å²) >= 11 is 0. The highest BCUT2D eigenvalue weighted by molar-refractivity contribution is 5.97. The molecular weight excluding hydrogens is 422 g/mol. The summed E-state index contributed by atoms with van der Waals surface area (Å²) in [4.78, 5) is 45.4. The van der Waals surface area contributed by atoms with Gasteiger partial charge in [-0.2, -0.15) is 0 Å². The number of esters is 2. The first kappa shape index (κ1) is 21.6. The molecular formula is C25H27N3O5. The van der Waals surface area contributed by atoms with Gasteiger partial charge < -0.3 is 19.7 Å². The van der Waals surface area contributed by atoms with Crippen molar-refractivity contribution in [2.75, 3.05) is 13.2 Å². The number of hydrogen-bond donors (Lipinski definition) is 1. The summed E-state index contributed by atoms with van der Waals surface area (Å²) in [6.45, 7) is 7.64. The fourth-order valence-corrected chi connectivity index (χ4v) is 4.77. The molecule has 0 spiro atoms. The van der Waals surface area contributed by atoms with E-state index in [1.54, 1.807) is 4.90 Å². The van der Waals surface area contributed by atoms with Crippen LogP contribution in [0.3, 0.4) is 0 Å². The zero-order valence-corrected chi connectivity index (χ0v) is 19.2. The maximum atomic E-state index is 13.5. The average Bonchev–Trinajstić information content (AvgIpc) is 3.11. The van der Waals surface area contributed by atoms with Crippen LogP contribution >= 0.6 is 0 Å². The van der Waals surface area contributed by atoms with Gasteiger partial charge in [0.25, 0.3) is 0 Å². The van der Waals surface area contributed by atoms with Crippen LogP contribution in [0.1, 0.15) is 39.0 Å². The van der Waals surface area contributed by atoms with Crippen molar-refractivity contribution in [1.29, 1.82) is 0 Å². The second-order valence-corrected chi connectivity index (χ2v) is 10.1. The second-order valence-electron chi connectivity index (χ2n) is 10.1. The lowest BCUT2D eigenvalue weighted by Crippen LogP contribution is -2.60. The van der Waals surface area contributed by atoms with E-state index in [0.717, 1.165) is 22.2 Å². The van der Waals surface area contributed by atoms with E-state index in [1.807, 2.05) is 57.2 Å². The van der Waals surface area contributed by atoms with Crippen LogP contribution in [0.25, 0.3) is 16.6 Å². The van der Waals surface area contributed by atoms with Crippen molar-refractivity contribution >= 4 is 34.4 Å². The van der Waals surface area contributed by atoms with Gasteiger partial charge in [-0.05, 0) is 45.9 Å². The minimum Gasteiger partial charge on any atom is -0.462 e.